The zero-order chi connectivity index (χ0) is 22.7. The minimum Gasteiger partial charge on any atom is -0.469 e. The van der Waals surface area contributed by atoms with Crippen LogP contribution in [-0.2, 0) is 35.2 Å². The van der Waals surface area contributed by atoms with Crippen molar-refractivity contribution in [3.63, 3.8) is 0 Å². The van der Waals surface area contributed by atoms with Gasteiger partial charge in [-0.25, -0.2) is 9.59 Å². The fourth-order valence-corrected chi connectivity index (χ4v) is 2.29. The molecule has 2 N–H and O–H groups in total. The number of esters is 2. The summed E-state index contributed by atoms with van der Waals surface area (Å²) < 4.78 is 15.0. The van der Waals surface area contributed by atoms with Crippen molar-refractivity contribution in [3.8, 4) is 0 Å². The molecule has 0 bridgehead atoms. The van der Waals surface area contributed by atoms with Gasteiger partial charge in [0.1, 0.15) is 24.3 Å². The number of amides is 2. The van der Waals surface area contributed by atoms with Crippen molar-refractivity contribution in [2.45, 2.75) is 64.8 Å². The number of carbonyl (C=O) groups excluding carboxylic acids is 4. The second kappa shape index (κ2) is 11.8. The van der Waals surface area contributed by atoms with Crippen molar-refractivity contribution in [1.82, 2.24) is 10.6 Å². The summed E-state index contributed by atoms with van der Waals surface area (Å²) in [6, 6.07) is 6.99. The molecule has 2 atom stereocenters. The van der Waals surface area contributed by atoms with Gasteiger partial charge < -0.3 is 24.8 Å². The van der Waals surface area contributed by atoms with E-state index < -0.39 is 41.6 Å². The second-order valence-corrected chi connectivity index (χ2v) is 7.64. The molecule has 1 aromatic rings. The smallest absolute Gasteiger partial charge is 0.408 e. The zero-order valence-electron chi connectivity index (χ0n) is 18.0. The number of benzene rings is 1. The van der Waals surface area contributed by atoms with Crippen LogP contribution in [0, 0.1) is 0 Å². The summed E-state index contributed by atoms with van der Waals surface area (Å²) in [5.41, 5.74) is 0.0637. The predicted molar refractivity (Wildman–Crippen MR) is 108 cm³/mol. The maximum atomic E-state index is 12.5. The summed E-state index contributed by atoms with van der Waals surface area (Å²) in [5.74, 6) is -1.84. The van der Waals surface area contributed by atoms with E-state index in [1.807, 2.05) is 18.2 Å². The Balaban J connectivity index is 2.71. The van der Waals surface area contributed by atoms with Gasteiger partial charge >= 0.3 is 18.0 Å². The van der Waals surface area contributed by atoms with Crippen LogP contribution in [-0.4, -0.2) is 48.7 Å². The van der Waals surface area contributed by atoms with Gasteiger partial charge in [-0.3, -0.25) is 9.59 Å². The van der Waals surface area contributed by atoms with Crippen molar-refractivity contribution in [2.24, 2.45) is 0 Å². The molecule has 30 heavy (non-hydrogen) atoms. The maximum Gasteiger partial charge on any atom is 0.408 e. The van der Waals surface area contributed by atoms with Crippen LogP contribution in [0.4, 0.5) is 4.79 Å². The van der Waals surface area contributed by atoms with Gasteiger partial charge in [0.05, 0.1) is 7.11 Å². The molecular formula is C21H30N2O7. The Morgan fingerprint density at radius 2 is 1.67 bits per heavy atom. The van der Waals surface area contributed by atoms with Crippen molar-refractivity contribution < 1.29 is 33.4 Å². The first-order valence-electron chi connectivity index (χ1n) is 9.59. The van der Waals surface area contributed by atoms with E-state index in [9.17, 15) is 19.2 Å². The molecule has 0 aliphatic carbocycles. The third-order valence-corrected chi connectivity index (χ3v) is 3.82. The molecule has 2 amide bonds. The first-order valence-corrected chi connectivity index (χ1v) is 9.59. The largest absolute Gasteiger partial charge is 0.469 e. The normalized spacial score (nSPS) is 12.8. The molecule has 0 aromatic heterocycles. The van der Waals surface area contributed by atoms with Crippen molar-refractivity contribution in [3.05, 3.63) is 35.9 Å². The second-order valence-electron chi connectivity index (χ2n) is 7.64. The maximum absolute atomic E-state index is 12.5. The van der Waals surface area contributed by atoms with Crippen LogP contribution in [0.1, 0.15) is 46.1 Å². The van der Waals surface area contributed by atoms with Gasteiger partial charge in [-0.15, -0.1) is 0 Å². The van der Waals surface area contributed by atoms with Gasteiger partial charge in [0.25, 0.3) is 0 Å². The van der Waals surface area contributed by atoms with Crippen molar-refractivity contribution in [1.29, 1.82) is 0 Å². The average molecular weight is 422 g/mol. The Labute approximate surface area is 176 Å². The summed E-state index contributed by atoms with van der Waals surface area (Å²) in [5, 5.41) is 4.91. The van der Waals surface area contributed by atoms with E-state index in [1.54, 1.807) is 32.9 Å². The van der Waals surface area contributed by atoms with Crippen molar-refractivity contribution >= 4 is 23.9 Å². The number of nitrogens with one attached hydrogen (secondary N) is 2. The Hall–Kier alpha value is -3.10. The number of methoxy groups -OCH3 is 1. The van der Waals surface area contributed by atoms with Crippen LogP contribution in [0.15, 0.2) is 30.3 Å². The number of hydrogen-bond donors (Lipinski definition) is 2. The molecule has 0 saturated heterocycles. The summed E-state index contributed by atoms with van der Waals surface area (Å²) in [6.07, 6.45) is -0.857. The van der Waals surface area contributed by atoms with E-state index in [0.29, 0.717) is 0 Å². The van der Waals surface area contributed by atoms with Crippen LogP contribution in [0.2, 0.25) is 0 Å². The van der Waals surface area contributed by atoms with Crippen LogP contribution in [0.3, 0.4) is 0 Å². The molecule has 0 fully saturated rings. The van der Waals surface area contributed by atoms with E-state index in [-0.39, 0.29) is 19.4 Å². The molecule has 0 spiro atoms. The standard InChI is InChI=1S/C21H30N2O7/c1-14(22-20(27)30-21(2,3)4)18(25)23-16(11-12-17(24)28-5)19(26)29-13-15-9-7-6-8-10-15/h6-10,14,16H,11-13H2,1-5H3,(H,22,27)(H,23,25). The summed E-state index contributed by atoms with van der Waals surface area (Å²) in [7, 11) is 1.23. The van der Waals surface area contributed by atoms with E-state index in [1.165, 1.54) is 14.0 Å². The van der Waals surface area contributed by atoms with E-state index >= 15 is 0 Å². The highest BCUT2D eigenvalue weighted by Gasteiger charge is 2.27. The number of rotatable bonds is 9. The quantitative estimate of drug-likeness (QED) is 0.462. The van der Waals surface area contributed by atoms with Gasteiger partial charge in [-0.2, -0.15) is 0 Å². The lowest BCUT2D eigenvalue weighted by atomic mass is 10.1. The Kier molecular flexibility index (Phi) is 9.80. The van der Waals surface area contributed by atoms with Gasteiger partial charge in [-0.05, 0) is 39.7 Å². The first-order chi connectivity index (χ1) is 14.0. The minimum absolute atomic E-state index is 0.00874. The SMILES string of the molecule is COC(=O)CCC(NC(=O)C(C)NC(=O)OC(C)(C)C)C(=O)OCc1ccccc1. The molecule has 0 radical (unpaired) electrons. The molecule has 2 unspecified atom stereocenters. The fourth-order valence-electron chi connectivity index (χ4n) is 2.29. The van der Waals surface area contributed by atoms with Crippen LogP contribution in [0.5, 0.6) is 0 Å². The number of carbonyl (C=O) groups is 4. The molecule has 166 valence electrons. The lowest BCUT2D eigenvalue weighted by Gasteiger charge is -2.23. The molecule has 0 saturated carbocycles. The van der Waals surface area contributed by atoms with Gasteiger partial charge in [0.2, 0.25) is 5.91 Å². The third-order valence-electron chi connectivity index (χ3n) is 3.82. The van der Waals surface area contributed by atoms with E-state index in [0.717, 1.165) is 5.56 Å². The Morgan fingerprint density at radius 3 is 2.23 bits per heavy atom. The molecule has 1 rings (SSSR count). The lowest BCUT2D eigenvalue weighted by molar-refractivity contribution is -0.150. The summed E-state index contributed by atoms with van der Waals surface area (Å²) in [4.78, 5) is 48.2. The Morgan fingerprint density at radius 1 is 1.03 bits per heavy atom. The van der Waals surface area contributed by atoms with Crippen LogP contribution >= 0.6 is 0 Å². The molecule has 0 aliphatic rings. The van der Waals surface area contributed by atoms with Crippen LogP contribution < -0.4 is 10.6 Å². The fraction of sp³-hybridized carbons (Fsp3) is 0.524. The van der Waals surface area contributed by atoms with Gasteiger partial charge in [0.15, 0.2) is 0 Å². The monoisotopic (exact) mass is 422 g/mol. The van der Waals surface area contributed by atoms with Gasteiger partial charge in [0, 0.05) is 6.42 Å². The number of hydrogen-bond acceptors (Lipinski definition) is 7. The highest BCUT2D eigenvalue weighted by Crippen LogP contribution is 2.08. The molecule has 0 heterocycles. The topological polar surface area (TPSA) is 120 Å². The Bertz CT molecular complexity index is 729. The predicted octanol–water partition coefficient (Wildman–Crippen LogP) is 2.08. The third kappa shape index (κ3) is 9.90. The summed E-state index contributed by atoms with van der Waals surface area (Å²) >= 11 is 0. The molecule has 0 aliphatic heterocycles. The molecule has 1 aromatic carbocycles. The van der Waals surface area contributed by atoms with E-state index in [4.69, 9.17) is 9.47 Å². The van der Waals surface area contributed by atoms with Gasteiger partial charge in [-0.1, -0.05) is 30.3 Å². The summed E-state index contributed by atoms with van der Waals surface area (Å²) in [6.45, 7) is 6.57. The van der Waals surface area contributed by atoms with Crippen molar-refractivity contribution in [2.75, 3.05) is 7.11 Å². The average Bonchev–Trinajstić information content (AvgIpc) is 2.67. The molecule has 9 heteroatoms. The lowest BCUT2D eigenvalue weighted by Crippen LogP contribution is -2.51. The molecule has 9 nitrogen and oxygen atoms in total. The highest BCUT2D eigenvalue weighted by molar-refractivity contribution is 5.89. The highest BCUT2D eigenvalue weighted by atomic mass is 16.6. The molecular weight excluding hydrogens is 392 g/mol. The number of ether oxygens (including phenoxy) is 3. The van der Waals surface area contributed by atoms with Crippen LogP contribution in [0.25, 0.3) is 0 Å². The first kappa shape index (κ1) is 24.9. The van der Waals surface area contributed by atoms with E-state index in [2.05, 4.69) is 15.4 Å². The number of alkyl carbamates (subject to hydrolysis) is 1. The zero-order valence-corrected chi connectivity index (χ0v) is 18.0. The minimum atomic E-state index is -1.08.